The first kappa shape index (κ1) is 17.8. The van der Waals surface area contributed by atoms with Gasteiger partial charge in [0.25, 0.3) is 5.56 Å². The van der Waals surface area contributed by atoms with Gasteiger partial charge in [-0.1, -0.05) is 24.3 Å². The number of hydrogen-bond donors (Lipinski definition) is 1. The van der Waals surface area contributed by atoms with Gasteiger partial charge in [0, 0.05) is 49.9 Å². The molecule has 1 N–H and O–H groups in total. The van der Waals surface area contributed by atoms with E-state index in [1.165, 1.54) is 29.8 Å². The van der Waals surface area contributed by atoms with Crippen LogP contribution in [0, 0.1) is 11.7 Å². The summed E-state index contributed by atoms with van der Waals surface area (Å²) in [6.07, 6.45) is 4.34. The van der Waals surface area contributed by atoms with Crippen molar-refractivity contribution in [2.75, 3.05) is 26.2 Å². The molecular formula is C23H26FN3O. The zero-order valence-corrected chi connectivity index (χ0v) is 16.0. The monoisotopic (exact) mass is 379 g/mol. The number of piperidine rings is 1. The van der Waals surface area contributed by atoms with E-state index < -0.39 is 0 Å². The Bertz CT molecular complexity index is 963. The van der Waals surface area contributed by atoms with Crippen LogP contribution in [0.15, 0.2) is 47.3 Å². The van der Waals surface area contributed by atoms with Crippen LogP contribution in [0.2, 0.25) is 0 Å². The van der Waals surface area contributed by atoms with E-state index in [1.54, 1.807) is 0 Å². The van der Waals surface area contributed by atoms with Gasteiger partial charge in [0.05, 0.1) is 0 Å². The fraction of sp³-hybridized carbons (Fsp3) is 0.435. The largest absolute Gasteiger partial charge is 0.316 e. The topological polar surface area (TPSA) is 37.3 Å². The lowest BCUT2D eigenvalue weighted by Gasteiger charge is -2.37. The Kier molecular flexibility index (Phi) is 4.65. The highest BCUT2D eigenvalue weighted by atomic mass is 19.1. The van der Waals surface area contributed by atoms with Gasteiger partial charge in [-0.3, -0.25) is 9.69 Å². The molecule has 0 unspecified atom stereocenters. The van der Waals surface area contributed by atoms with Crippen molar-refractivity contribution in [2.24, 2.45) is 5.92 Å². The highest BCUT2D eigenvalue weighted by Gasteiger charge is 2.31. The van der Waals surface area contributed by atoms with Crippen LogP contribution in [-0.2, 0) is 13.1 Å². The van der Waals surface area contributed by atoms with Crippen molar-refractivity contribution in [1.82, 2.24) is 14.8 Å². The van der Waals surface area contributed by atoms with Crippen LogP contribution >= 0.6 is 0 Å². The van der Waals surface area contributed by atoms with Crippen LogP contribution in [0.5, 0.6) is 0 Å². The molecule has 0 radical (unpaired) electrons. The second-order valence-corrected chi connectivity index (χ2v) is 8.38. The zero-order valence-electron chi connectivity index (χ0n) is 16.0. The minimum atomic E-state index is -0.199. The van der Waals surface area contributed by atoms with Crippen LogP contribution in [0.4, 0.5) is 4.39 Å². The number of nitrogens with one attached hydrogen (secondary N) is 1. The predicted molar refractivity (Wildman–Crippen MR) is 109 cm³/mol. The first-order valence-corrected chi connectivity index (χ1v) is 10.3. The van der Waals surface area contributed by atoms with E-state index in [0.29, 0.717) is 18.4 Å². The van der Waals surface area contributed by atoms with Crippen LogP contribution < -0.4 is 10.9 Å². The van der Waals surface area contributed by atoms with Crippen molar-refractivity contribution in [1.29, 1.82) is 0 Å². The van der Waals surface area contributed by atoms with E-state index in [0.717, 1.165) is 50.3 Å². The van der Waals surface area contributed by atoms with Gasteiger partial charge in [-0.2, -0.15) is 0 Å². The van der Waals surface area contributed by atoms with Crippen LogP contribution in [0.25, 0.3) is 5.57 Å². The van der Waals surface area contributed by atoms with E-state index >= 15 is 0 Å². The third-order valence-electron chi connectivity index (χ3n) is 6.49. The number of fused-ring (bicyclic) bond motifs is 4. The molecule has 1 aromatic heterocycles. The van der Waals surface area contributed by atoms with Gasteiger partial charge in [-0.05, 0) is 54.6 Å². The number of hydrogen-bond acceptors (Lipinski definition) is 3. The summed E-state index contributed by atoms with van der Waals surface area (Å²) in [6.45, 7) is 5.29. The molecule has 1 aromatic carbocycles. The minimum absolute atomic E-state index is 0.197. The third kappa shape index (κ3) is 3.33. The van der Waals surface area contributed by atoms with Crippen LogP contribution in [0.3, 0.4) is 0 Å². The van der Waals surface area contributed by atoms with Crippen LogP contribution in [-0.4, -0.2) is 35.6 Å². The summed E-state index contributed by atoms with van der Waals surface area (Å²) in [5, 5.41) is 3.50. The number of rotatable bonds is 3. The van der Waals surface area contributed by atoms with E-state index in [9.17, 15) is 9.18 Å². The Hall–Kier alpha value is -2.24. The highest BCUT2D eigenvalue weighted by molar-refractivity contribution is 5.66. The number of pyridine rings is 1. The second kappa shape index (κ2) is 7.30. The lowest BCUT2D eigenvalue weighted by Crippen LogP contribution is -2.45. The van der Waals surface area contributed by atoms with Gasteiger partial charge in [-0.15, -0.1) is 0 Å². The molecule has 0 spiro atoms. The van der Waals surface area contributed by atoms with Gasteiger partial charge in [-0.25, -0.2) is 4.39 Å². The molecule has 5 heteroatoms. The molecule has 0 aliphatic carbocycles. The van der Waals surface area contributed by atoms with Gasteiger partial charge in [0.2, 0.25) is 0 Å². The van der Waals surface area contributed by atoms with Crippen LogP contribution in [0.1, 0.15) is 35.6 Å². The summed E-state index contributed by atoms with van der Waals surface area (Å²) in [5.74, 6) is 0.857. The molecule has 3 aliphatic rings. The minimum Gasteiger partial charge on any atom is -0.316 e. The molecule has 4 heterocycles. The summed E-state index contributed by atoms with van der Waals surface area (Å²) >= 11 is 0. The molecule has 0 saturated carbocycles. The molecular weight excluding hydrogens is 353 g/mol. The average Bonchev–Trinajstić information content (AvgIpc) is 2.72. The summed E-state index contributed by atoms with van der Waals surface area (Å²) in [7, 11) is 0. The molecule has 0 amide bonds. The lowest BCUT2D eigenvalue weighted by atomic mass is 9.84. The molecule has 28 heavy (non-hydrogen) atoms. The quantitative estimate of drug-likeness (QED) is 0.891. The molecule has 2 atom stereocenters. The van der Waals surface area contributed by atoms with Crippen molar-refractivity contribution < 1.29 is 4.39 Å². The maximum atomic E-state index is 13.1. The molecule has 1 fully saturated rings. The highest BCUT2D eigenvalue weighted by Crippen LogP contribution is 2.32. The average molecular weight is 379 g/mol. The summed E-state index contributed by atoms with van der Waals surface area (Å²) < 4.78 is 15.2. The fourth-order valence-electron chi connectivity index (χ4n) is 4.98. The number of benzene rings is 1. The molecule has 5 rings (SSSR count). The van der Waals surface area contributed by atoms with Crippen molar-refractivity contribution in [2.45, 2.75) is 31.8 Å². The Labute approximate surface area is 164 Å². The van der Waals surface area contributed by atoms with Crippen molar-refractivity contribution in [3.63, 3.8) is 0 Å². The lowest BCUT2D eigenvalue weighted by molar-refractivity contribution is 0.253. The van der Waals surface area contributed by atoms with E-state index in [1.807, 2.05) is 22.8 Å². The van der Waals surface area contributed by atoms with Gasteiger partial charge in [0.15, 0.2) is 0 Å². The second-order valence-electron chi connectivity index (χ2n) is 8.38. The fourth-order valence-corrected chi connectivity index (χ4v) is 4.98. The predicted octanol–water partition coefficient (Wildman–Crippen LogP) is 2.98. The smallest absolute Gasteiger partial charge is 0.255 e. The molecule has 2 aromatic rings. The first-order valence-electron chi connectivity index (χ1n) is 10.3. The maximum Gasteiger partial charge on any atom is 0.255 e. The summed E-state index contributed by atoms with van der Waals surface area (Å²) in [5.41, 5.74) is 4.65. The van der Waals surface area contributed by atoms with Crippen molar-refractivity contribution >= 4 is 5.57 Å². The molecule has 3 aliphatic heterocycles. The van der Waals surface area contributed by atoms with E-state index in [-0.39, 0.29) is 11.4 Å². The molecule has 2 bridgehead atoms. The Balaban J connectivity index is 1.32. The summed E-state index contributed by atoms with van der Waals surface area (Å²) in [4.78, 5) is 15.4. The Morgan fingerprint density at radius 1 is 1.11 bits per heavy atom. The van der Waals surface area contributed by atoms with Crippen molar-refractivity contribution in [3.05, 3.63) is 75.5 Å². The van der Waals surface area contributed by atoms with Gasteiger partial charge >= 0.3 is 0 Å². The van der Waals surface area contributed by atoms with E-state index in [4.69, 9.17) is 0 Å². The van der Waals surface area contributed by atoms with E-state index in [2.05, 4.69) is 22.4 Å². The third-order valence-corrected chi connectivity index (χ3v) is 6.49. The summed E-state index contributed by atoms with van der Waals surface area (Å²) in [6, 6.07) is 10.9. The number of halogens is 1. The maximum absolute atomic E-state index is 13.1. The standard InChI is InChI=1S/C23H26FN3O/c24-21-4-1-17(2-5-21)18-7-9-26(10-8-18)15-19-3-6-22-20-11-16(12-25-13-20)14-27(22)23(19)28/h1-7,16,20,25H,8-15H2/t16-,20+/m0/s1. The molecule has 1 saturated heterocycles. The van der Waals surface area contributed by atoms with Gasteiger partial charge < -0.3 is 9.88 Å². The van der Waals surface area contributed by atoms with Gasteiger partial charge in [0.1, 0.15) is 5.82 Å². The Morgan fingerprint density at radius 3 is 2.75 bits per heavy atom. The first-order chi connectivity index (χ1) is 13.7. The molecule has 146 valence electrons. The normalized spacial score (nSPS) is 24.5. The Morgan fingerprint density at radius 2 is 1.96 bits per heavy atom. The number of aromatic nitrogens is 1. The zero-order chi connectivity index (χ0) is 19.1. The number of nitrogens with zero attached hydrogens (tertiary/aromatic N) is 2. The molecule has 4 nitrogen and oxygen atoms in total. The van der Waals surface area contributed by atoms with Crippen molar-refractivity contribution in [3.8, 4) is 0 Å². The SMILES string of the molecule is O=c1c(CN2CC=C(c3ccc(F)cc3)CC2)ccc2n1C[C@@H]1CNC[C@H]2C1.